The number of carboxylic acids is 1. The van der Waals surface area contributed by atoms with Gasteiger partial charge >= 0.3 is 11.9 Å². The molecule has 0 radical (unpaired) electrons. The van der Waals surface area contributed by atoms with Crippen molar-refractivity contribution in [2.24, 2.45) is 0 Å². The van der Waals surface area contributed by atoms with Crippen molar-refractivity contribution in [3.63, 3.8) is 0 Å². The van der Waals surface area contributed by atoms with Gasteiger partial charge in [-0.05, 0) is 38.5 Å². The fourth-order valence-electron chi connectivity index (χ4n) is 1.36. The third-order valence-corrected chi connectivity index (χ3v) is 3.13. The normalized spacial score (nSPS) is 10.4. The van der Waals surface area contributed by atoms with Crippen molar-refractivity contribution in [3.8, 4) is 0 Å². The van der Waals surface area contributed by atoms with Crippen molar-refractivity contribution in [2.75, 3.05) is 5.75 Å². The maximum Gasteiger partial charge on any atom is 0.335 e. The standard InChI is InChI=1S/C13H16O4S/c1-8(2)17-12(14)7-18-10-5-4-9(3)11(6-10)13(15)16/h4-6,8H,7H2,1-3H3,(H,15,16). The molecule has 18 heavy (non-hydrogen) atoms. The molecule has 1 aromatic carbocycles. The summed E-state index contributed by atoms with van der Waals surface area (Å²) in [7, 11) is 0. The van der Waals surface area contributed by atoms with Gasteiger partial charge in [0.25, 0.3) is 0 Å². The summed E-state index contributed by atoms with van der Waals surface area (Å²) in [6, 6.07) is 5.11. The number of ether oxygens (including phenoxy) is 1. The Balaban J connectivity index is 2.66. The minimum atomic E-state index is -0.959. The number of hydrogen-bond donors (Lipinski definition) is 1. The summed E-state index contributed by atoms with van der Waals surface area (Å²) in [5.41, 5.74) is 0.967. The Bertz CT molecular complexity index is 454. The fraction of sp³-hybridized carbons (Fsp3) is 0.385. The summed E-state index contributed by atoms with van der Waals surface area (Å²) in [6.07, 6.45) is -0.134. The molecule has 0 atom stereocenters. The Morgan fingerprint density at radius 2 is 2.06 bits per heavy atom. The number of carboxylic acid groups (broad SMARTS) is 1. The predicted octanol–water partition coefficient (Wildman–Crippen LogP) is 2.74. The quantitative estimate of drug-likeness (QED) is 0.657. The third-order valence-electron chi connectivity index (χ3n) is 2.16. The number of aryl methyl sites for hydroxylation is 1. The van der Waals surface area contributed by atoms with Crippen molar-refractivity contribution in [1.82, 2.24) is 0 Å². The first kappa shape index (κ1) is 14.6. The van der Waals surface area contributed by atoms with Crippen LogP contribution in [0.4, 0.5) is 0 Å². The molecule has 98 valence electrons. The number of rotatable bonds is 5. The Morgan fingerprint density at radius 3 is 2.61 bits per heavy atom. The van der Waals surface area contributed by atoms with Crippen LogP contribution in [-0.2, 0) is 9.53 Å². The SMILES string of the molecule is Cc1ccc(SCC(=O)OC(C)C)cc1C(=O)O. The molecule has 0 aliphatic rings. The van der Waals surface area contributed by atoms with Crippen molar-refractivity contribution in [1.29, 1.82) is 0 Å². The number of carbonyl (C=O) groups is 2. The van der Waals surface area contributed by atoms with E-state index in [0.29, 0.717) is 5.56 Å². The molecule has 5 heteroatoms. The van der Waals surface area contributed by atoms with Crippen LogP contribution in [0, 0.1) is 6.92 Å². The monoisotopic (exact) mass is 268 g/mol. The second-order valence-corrected chi connectivity index (χ2v) is 5.16. The minimum Gasteiger partial charge on any atom is -0.478 e. The highest BCUT2D eigenvalue weighted by atomic mass is 32.2. The molecule has 1 rings (SSSR count). The van der Waals surface area contributed by atoms with E-state index < -0.39 is 5.97 Å². The zero-order chi connectivity index (χ0) is 13.7. The first-order valence-corrected chi connectivity index (χ1v) is 6.55. The van der Waals surface area contributed by atoms with E-state index in [4.69, 9.17) is 9.84 Å². The molecule has 4 nitrogen and oxygen atoms in total. The highest BCUT2D eigenvalue weighted by Gasteiger charge is 2.10. The van der Waals surface area contributed by atoms with E-state index in [1.54, 1.807) is 39.0 Å². The lowest BCUT2D eigenvalue weighted by atomic mass is 10.1. The van der Waals surface area contributed by atoms with Crippen molar-refractivity contribution < 1.29 is 19.4 Å². The van der Waals surface area contributed by atoms with Crippen LogP contribution in [0.15, 0.2) is 23.1 Å². The van der Waals surface area contributed by atoms with Gasteiger partial charge in [0.2, 0.25) is 0 Å². The second-order valence-electron chi connectivity index (χ2n) is 4.11. The highest BCUT2D eigenvalue weighted by molar-refractivity contribution is 8.00. The Hall–Kier alpha value is -1.49. The van der Waals surface area contributed by atoms with Crippen LogP contribution in [0.2, 0.25) is 0 Å². The van der Waals surface area contributed by atoms with Gasteiger partial charge in [-0.1, -0.05) is 6.07 Å². The highest BCUT2D eigenvalue weighted by Crippen LogP contribution is 2.21. The molecular weight excluding hydrogens is 252 g/mol. The Labute approximate surface area is 110 Å². The Morgan fingerprint density at radius 1 is 1.39 bits per heavy atom. The smallest absolute Gasteiger partial charge is 0.335 e. The summed E-state index contributed by atoms with van der Waals surface area (Å²) in [4.78, 5) is 23.1. The van der Waals surface area contributed by atoms with Crippen LogP contribution in [0.5, 0.6) is 0 Å². The maximum absolute atomic E-state index is 11.4. The molecule has 0 unspecified atom stereocenters. The van der Waals surface area contributed by atoms with Crippen LogP contribution >= 0.6 is 11.8 Å². The molecule has 0 aromatic heterocycles. The van der Waals surface area contributed by atoms with Crippen LogP contribution in [0.1, 0.15) is 29.8 Å². The van der Waals surface area contributed by atoms with Gasteiger partial charge in [0, 0.05) is 4.90 Å². The number of aromatic carboxylic acids is 1. The number of esters is 1. The van der Waals surface area contributed by atoms with Gasteiger partial charge in [0.05, 0.1) is 17.4 Å². The summed E-state index contributed by atoms with van der Waals surface area (Å²) >= 11 is 1.27. The van der Waals surface area contributed by atoms with Gasteiger partial charge in [0.15, 0.2) is 0 Å². The number of thioether (sulfide) groups is 1. The zero-order valence-electron chi connectivity index (χ0n) is 10.6. The Kier molecular flexibility index (Phi) is 5.22. The average molecular weight is 268 g/mol. The molecule has 0 bridgehead atoms. The van der Waals surface area contributed by atoms with Gasteiger partial charge in [0.1, 0.15) is 0 Å². The van der Waals surface area contributed by atoms with Crippen molar-refractivity contribution in [2.45, 2.75) is 31.8 Å². The number of carbonyl (C=O) groups excluding carboxylic acids is 1. The number of hydrogen-bond acceptors (Lipinski definition) is 4. The van der Waals surface area contributed by atoms with E-state index in [1.807, 2.05) is 0 Å². The molecular formula is C13H16O4S. The molecule has 1 N–H and O–H groups in total. The van der Waals surface area contributed by atoms with E-state index in [9.17, 15) is 9.59 Å². The first-order chi connectivity index (χ1) is 8.40. The zero-order valence-corrected chi connectivity index (χ0v) is 11.4. The lowest BCUT2D eigenvalue weighted by Crippen LogP contribution is -2.13. The van der Waals surface area contributed by atoms with Gasteiger partial charge in [-0.3, -0.25) is 4.79 Å². The molecule has 0 saturated heterocycles. The number of benzene rings is 1. The van der Waals surface area contributed by atoms with Gasteiger partial charge in [-0.15, -0.1) is 11.8 Å². The predicted molar refractivity (Wildman–Crippen MR) is 70.1 cm³/mol. The van der Waals surface area contributed by atoms with E-state index in [0.717, 1.165) is 4.90 Å². The topological polar surface area (TPSA) is 63.6 Å². The van der Waals surface area contributed by atoms with Crippen molar-refractivity contribution >= 4 is 23.7 Å². The second kappa shape index (κ2) is 6.44. The van der Waals surface area contributed by atoms with Gasteiger partial charge in [-0.2, -0.15) is 0 Å². The minimum absolute atomic E-state index is 0.134. The largest absolute Gasteiger partial charge is 0.478 e. The van der Waals surface area contributed by atoms with E-state index >= 15 is 0 Å². The van der Waals surface area contributed by atoms with E-state index in [2.05, 4.69) is 0 Å². The lowest BCUT2D eigenvalue weighted by molar-refractivity contribution is -0.144. The summed E-state index contributed by atoms with van der Waals surface area (Å²) in [5.74, 6) is -1.08. The maximum atomic E-state index is 11.4. The molecule has 0 fully saturated rings. The van der Waals surface area contributed by atoms with Crippen LogP contribution in [0.3, 0.4) is 0 Å². The molecule has 0 spiro atoms. The van der Waals surface area contributed by atoms with Gasteiger partial charge < -0.3 is 9.84 Å². The summed E-state index contributed by atoms with van der Waals surface area (Å²) < 4.78 is 5.00. The van der Waals surface area contributed by atoms with Crippen LogP contribution < -0.4 is 0 Å². The molecule has 0 aliphatic carbocycles. The fourth-order valence-corrected chi connectivity index (χ4v) is 2.08. The molecule has 0 heterocycles. The van der Waals surface area contributed by atoms with Crippen LogP contribution in [-0.4, -0.2) is 28.9 Å². The van der Waals surface area contributed by atoms with Gasteiger partial charge in [-0.25, -0.2) is 4.79 Å². The summed E-state index contributed by atoms with van der Waals surface area (Å²) in [5, 5.41) is 8.99. The van der Waals surface area contributed by atoms with E-state index in [1.165, 1.54) is 11.8 Å². The molecule has 1 aromatic rings. The molecule has 0 aliphatic heterocycles. The molecule has 0 saturated carbocycles. The van der Waals surface area contributed by atoms with Crippen LogP contribution in [0.25, 0.3) is 0 Å². The first-order valence-electron chi connectivity index (χ1n) is 5.56. The molecule has 0 amide bonds. The average Bonchev–Trinajstić information content (AvgIpc) is 2.26. The summed E-state index contributed by atoms with van der Waals surface area (Å²) in [6.45, 7) is 5.32. The lowest BCUT2D eigenvalue weighted by Gasteiger charge is -2.08. The van der Waals surface area contributed by atoms with Crippen molar-refractivity contribution in [3.05, 3.63) is 29.3 Å². The third kappa shape index (κ3) is 4.41. The van der Waals surface area contributed by atoms with E-state index in [-0.39, 0.29) is 23.4 Å².